The second-order valence-electron chi connectivity index (χ2n) is 4.44. The predicted octanol–water partition coefficient (Wildman–Crippen LogP) is 0.285. The maximum atomic E-state index is 12.0. The molecule has 13 heteroatoms. The van der Waals surface area contributed by atoms with E-state index in [1.54, 1.807) is 0 Å². The van der Waals surface area contributed by atoms with E-state index in [-0.39, 0.29) is 13.2 Å². The number of nitrogens with zero attached hydrogens (tertiary/aromatic N) is 1. The van der Waals surface area contributed by atoms with Crippen molar-refractivity contribution in [1.82, 2.24) is 10.2 Å². The number of hydrogen-bond acceptors (Lipinski definition) is 9. The quantitative estimate of drug-likeness (QED) is 0.320. The Hall–Kier alpha value is -1.35. The fourth-order valence-corrected chi connectivity index (χ4v) is 4.05. The van der Waals surface area contributed by atoms with Gasteiger partial charge in [0.15, 0.2) is 0 Å². The Morgan fingerprint density at radius 3 is 2.25 bits per heavy atom. The van der Waals surface area contributed by atoms with E-state index in [9.17, 15) is 23.5 Å². The predicted molar refractivity (Wildman–Crippen MR) is 81.1 cm³/mol. The third-order valence-corrected chi connectivity index (χ3v) is 6.28. The lowest BCUT2D eigenvalue weighted by molar-refractivity contribution is -0.141. The summed E-state index contributed by atoms with van der Waals surface area (Å²) in [5, 5.41) is 2.35. The zero-order chi connectivity index (χ0) is 18.4. The van der Waals surface area contributed by atoms with Gasteiger partial charge in [-0.3, -0.25) is 32.9 Å². The van der Waals surface area contributed by atoms with Gasteiger partial charge in [-0.05, 0) is 0 Å². The van der Waals surface area contributed by atoms with Gasteiger partial charge < -0.3 is 9.84 Å². The first kappa shape index (κ1) is 20.7. The van der Waals surface area contributed by atoms with Crippen molar-refractivity contribution < 1.29 is 41.4 Å². The second-order valence-corrected chi connectivity index (χ2v) is 8.52. The van der Waals surface area contributed by atoms with Crippen molar-refractivity contribution in [2.45, 2.75) is 0 Å². The molecule has 0 aromatic rings. The summed E-state index contributed by atoms with van der Waals surface area (Å²) in [6, 6.07) is 0. The Bertz CT molecular complexity index is 615. The average molecular weight is 384 g/mol. The molecule has 0 saturated carbocycles. The lowest BCUT2D eigenvalue weighted by Crippen LogP contribution is -2.41. The SMILES string of the molecule is COP(C)(=O)OP(=O)(OC)OCCNC(=O)CN1C(=O)C=CC1=O. The largest absolute Gasteiger partial charge is 0.481 e. The molecule has 11 nitrogen and oxygen atoms in total. The molecule has 1 N–H and O–H groups in total. The van der Waals surface area contributed by atoms with E-state index in [2.05, 4.69) is 14.4 Å². The molecule has 1 heterocycles. The highest BCUT2D eigenvalue weighted by molar-refractivity contribution is 7.64. The van der Waals surface area contributed by atoms with Crippen molar-refractivity contribution in [1.29, 1.82) is 0 Å². The van der Waals surface area contributed by atoms with Gasteiger partial charge in [0.2, 0.25) is 5.91 Å². The number of carbonyl (C=O) groups excluding carboxylic acids is 3. The summed E-state index contributed by atoms with van der Waals surface area (Å²) in [7, 11) is -5.58. The molecule has 1 rings (SSSR count). The molecule has 0 aromatic carbocycles. The van der Waals surface area contributed by atoms with Crippen LogP contribution in [0.25, 0.3) is 0 Å². The van der Waals surface area contributed by atoms with Gasteiger partial charge in [0, 0.05) is 39.6 Å². The monoisotopic (exact) mass is 384 g/mol. The smallest absolute Gasteiger partial charge is 0.352 e. The lowest BCUT2D eigenvalue weighted by Gasteiger charge is -2.19. The third-order valence-electron chi connectivity index (χ3n) is 2.68. The molecule has 24 heavy (non-hydrogen) atoms. The van der Waals surface area contributed by atoms with E-state index in [0.717, 1.165) is 37.9 Å². The minimum Gasteiger partial charge on any atom is -0.352 e. The Kier molecular flexibility index (Phi) is 7.47. The van der Waals surface area contributed by atoms with Crippen LogP contribution in [0.1, 0.15) is 0 Å². The molecule has 0 fully saturated rings. The van der Waals surface area contributed by atoms with Crippen molar-refractivity contribution >= 4 is 33.1 Å². The van der Waals surface area contributed by atoms with Gasteiger partial charge in [-0.15, -0.1) is 0 Å². The summed E-state index contributed by atoms with van der Waals surface area (Å²) in [4.78, 5) is 35.0. The molecule has 0 aliphatic carbocycles. The summed E-state index contributed by atoms with van der Waals surface area (Å²) in [6.07, 6.45) is 2.12. The number of phosphoric acid groups is 1. The van der Waals surface area contributed by atoms with Crippen LogP contribution >= 0.6 is 15.4 Å². The van der Waals surface area contributed by atoms with Crippen LogP contribution in [0.5, 0.6) is 0 Å². The summed E-state index contributed by atoms with van der Waals surface area (Å²) in [5.74, 6) is -1.78. The summed E-state index contributed by atoms with van der Waals surface area (Å²) < 4.78 is 42.3. The molecule has 2 unspecified atom stereocenters. The molecule has 2 atom stereocenters. The number of rotatable bonds is 10. The van der Waals surface area contributed by atoms with Crippen LogP contribution in [0.15, 0.2) is 12.2 Å². The van der Waals surface area contributed by atoms with Crippen molar-refractivity contribution in [3.63, 3.8) is 0 Å². The molecule has 1 aliphatic rings. The molecule has 0 aromatic heterocycles. The summed E-state index contributed by atoms with van der Waals surface area (Å²) in [6.45, 7) is 0.236. The highest BCUT2D eigenvalue weighted by atomic mass is 31.3. The Balaban J connectivity index is 2.37. The molecule has 0 radical (unpaired) electrons. The molecule has 0 saturated heterocycles. The number of nitrogens with one attached hydrogen (secondary N) is 1. The number of phosphoric ester groups is 1. The minimum atomic E-state index is -4.12. The van der Waals surface area contributed by atoms with E-state index in [1.165, 1.54) is 0 Å². The first-order chi connectivity index (χ1) is 11.1. The molecule has 0 bridgehead atoms. The highest BCUT2D eigenvalue weighted by Crippen LogP contribution is 2.62. The fourth-order valence-electron chi connectivity index (χ4n) is 1.46. The molecular formula is C11H18N2O9P2. The van der Waals surface area contributed by atoms with Crippen LogP contribution in [-0.2, 0) is 41.4 Å². The van der Waals surface area contributed by atoms with Gasteiger partial charge in [0.25, 0.3) is 11.8 Å². The van der Waals surface area contributed by atoms with Crippen LogP contribution in [0.3, 0.4) is 0 Å². The Morgan fingerprint density at radius 1 is 1.17 bits per heavy atom. The average Bonchev–Trinajstić information content (AvgIpc) is 2.83. The highest BCUT2D eigenvalue weighted by Gasteiger charge is 2.34. The van der Waals surface area contributed by atoms with E-state index < -0.39 is 39.7 Å². The summed E-state index contributed by atoms with van der Waals surface area (Å²) in [5.41, 5.74) is 0. The van der Waals surface area contributed by atoms with Gasteiger partial charge >= 0.3 is 15.4 Å². The Labute approximate surface area is 138 Å². The van der Waals surface area contributed by atoms with Crippen LogP contribution in [0.2, 0.25) is 0 Å². The maximum absolute atomic E-state index is 12.0. The molecule has 0 spiro atoms. The van der Waals surface area contributed by atoms with E-state index in [0.29, 0.717) is 0 Å². The van der Waals surface area contributed by atoms with Crippen LogP contribution in [0, 0.1) is 0 Å². The van der Waals surface area contributed by atoms with Crippen molar-refractivity contribution in [2.24, 2.45) is 0 Å². The van der Waals surface area contributed by atoms with Crippen LogP contribution in [-0.4, -0.2) is 63.2 Å². The molecule has 1 aliphatic heterocycles. The van der Waals surface area contributed by atoms with Gasteiger partial charge in [-0.2, -0.15) is 0 Å². The standard InChI is InChI=1S/C11H18N2O9P2/c1-19-23(3,17)22-24(18,20-2)21-7-6-12-9(14)8-13-10(15)4-5-11(13)16/h4-5H,6-8H2,1-3H3,(H,12,14). The molecule has 3 amide bonds. The van der Waals surface area contributed by atoms with Crippen molar-refractivity contribution in [3.8, 4) is 0 Å². The van der Waals surface area contributed by atoms with E-state index in [1.807, 2.05) is 0 Å². The van der Waals surface area contributed by atoms with Crippen LogP contribution in [0.4, 0.5) is 0 Å². The zero-order valence-corrected chi connectivity index (χ0v) is 15.1. The van der Waals surface area contributed by atoms with Gasteiger partial charge in [0.1, 0.15) is 6.54 Å². The minimum absolute atomic E-state index is 0.111. The van der Waals surface area contributed by atoms with Gasteiger partial charge in [-0.1, -0.05) is 0 Å². The topological polar surface area (TPSA) is 138 Å². The van der Waals surface area contributed by atoms with Gasteiger partial charge in [-0.25, -0.2) is 8.88 Å². The van der Waals surface area contributed by atoms with Crippen molar-refractivity contribution in [3.05, 3.63) is 12.2 Å². The van der Waals surface area contributed by atoms with Crippen molar-refractivity contribution in [2.75, 3.05) is 40.6 Å². The normalized spacial score (nSPS) is 19.2. The first-order valence-corrected chi connectivity index (χ1v) is 10.0. The lowest BCUT2D eigenvalue weighted by atomic mass is 10.4. The van der Waals surface area contributed by atoms with E-state index in [4.69, 9.17) is 8.83 Å². The number of hydrogen-bond donors (Lipinski definition) is 1. The third kappa shape index (κ3) is 6.27. The number of imide groups is 1. The first-order valence-electron chi connectivity index (χ1n) is 6.57. The van der Waals surface area contributed by atoms with E-state index >= 15 is 0 Å². The molecule has 136 valence electrons. The maximum Gasteiger partial charge on any atom is 0.481 e. The zero-order valence-electron chi connectivity index (χ0n) is 13.3. The fraction of sp³-hybridized carbons (Fsp3) is 0.545. The second kappa shape index (κ2) is 8.66. The van der Waals surface area contributed by atoms with Gasteiger partial charge in [0.05, 0.1) is 6.61 Å². The number of amides is 3. The molecular weight excluding hydrogens is 366 g/mol. The van der Waals surface area contributed by atoms with Crippen LogP contribution < -0.4 is 5.32 Å². The summed E-state index contributed by atoms with van der Waals surface area (Å²) >= 11 is 0. The Morgan fingerprint density at radius 2 is 1.75 bits per heavy atom. The number of carbonyl (C=O) groups is 3.